The number of aryl methyl sites for hydroxylation is 1. The number of hydrogen-bond acceptors (Lipinski definition) is 6. The first-order valence-corrected chi connectivity index (χ1v) is 12.1. The molecule has 0 bridgehead atoms. The van der Waals surface area contributed by atoms with Crippen LogP contribution in [0.25, 0.3) is 0 Å². The highest BCUT2D eigenvalue weighted by Crippen LogP contribution is 2.40. The maximum Gasteiger partial charge on any atom is 0.341 e. The van der Waals surface area contributed by atoms with Gasteiger partial charge in [0.05, 0.1) is 17.1 Å². The minimum atomic E-state index is -3.77. The van der Waals surface area contributed by atoms with Crippen molar-refractivity contribution in [2.24, 2.45) is 5.92 Å². The molecule has 0 saturated heterocycles. The topological polar surface area (TPSA) is 89.5 Å². The Morgan fingerprint density at radius 3 is 2.59 bits per heavy atom. The highest BCUT2D eigenvalue weighted by molar-refractivity contribution is 7.92. The second-order valence-corrected chi connectivity index (χ2v) is 10.5. The Morgan fingerprint density at radius 2 is 1.93 bits per heavy atom. The lowest BCUT2D eigenvalue weighted by Gasteiger charge is -2.18. The first kappa shape index (κ1) is 21.5. The molecule has 0 spiro atoms. The van der Waals surface area contributed by atoms with Crippen molar-refractivity contribution in [3.05, 3.63) is 45.8 Å². The van der Waals surface area contributed by atoms with E-state index < -0.39 is 27.5 Å². The van der Waals surface area contributed by atoms with Crippen molar-refractivity contribution in [1.29, 1.82) is 0 Å². The van der Waals surface area contributed by atoms with Gasteiger partial charge in [0.1, 0.15) is 10.8 Å². The zero-order valence-corrected chi connectivity index (χ0v) is 18.4. The summed E-state index contributed by atoms with van der Waals surface area (Å²) in [7, 11) is -3.77. The molecule has 6 nitrogen and oxygen atoms in total. The van der Waals surface area contributed by atoms with Gasteiger partial charge in [-0.1, -0.05) is 24.6 Å². The van der Waals surface area contributed by atoms with Crippen LogP contribution in [0.2, 0.25) is 0 Å². The van der Waals surface area contributed by atoms with Crippen LogP contribution in [0.4, 0.5) is 5.00 Å². The molecule has 1 aliphatic rings. The van der Waals surface area contributed by atoms with Crippen LogP contribution < -0.4 is 5.32 Å². The summed E-state index contributed by atoms with van der Waals surface area (Å²) in [5.41, 5.74) is 2.23. The van der Waals surface area contributed by atoms with Crippen molar-refractivity contribution in [2.45, 2.75) is 44.9 Å². The normalized spacial score (nSPS) is 16.2. The predicted octanol–water partition coefficient (Wildman–Crippen LogP) is 3.77. The third kappa shape index (κ3) is 4.87. The van der Waals surface area contributed by atoms with Crippen LogP contribution in [-0.4, -0.2) is 32.7 Å². The molecule has 3 rings (SSSR count). The third-order valence-electron chi connectivity index (χ3n) is 4.95. The van der Waals surface area contributed by atoms with Gasteiger partial charge in [0.25, 0.3) is 0 Å². The first-order valence-electron chi connectivity index (χ1n) is 9.62. The van der Waals surface area contributed by atoms with Crippen LogP contribution in [0.1, 0.15) is 46.6 Å². The maximum absolute atomic E-state index is 12.6. The number of rotatable bonds is 6. The quantitative estimate of drug-likeness (QED) is 0.698. The summed E-state index contributed by atoms with van der Waals surface area (Å²) in [6.45, 7) is 5.97. The number of benzene rings is 1. The summed E-state index contributed by atoms with van der Waals surface area (Å²) in [4.78, 5) is 26.2. The standard InChI is InChI=1S/C21H25NO5S2/c1-4-27-21(24)19-16-10-7-14(3)11-17(16)28-20(19)22-18(23)12-29(25,26)15-8-5-13(2)6-9-15/h5-6,8-9,14H,4,7,10-12H2,1-3H3,(H,22,23). The SMILES string of the molecule is CCOC(=O)c1c(NC(=O)CS(=O)(=O)c2ccc(C)cc2)sc2c1CCC(C)C2. The van der Waals surface area contributed by atoms with E-state index >= 15 is 0 Å². The van der Waals surface area contributed by atoms with Gasteiger partial charge in [-0.2, -0.15) is 0 Å². The Hall–Kier alpha value is -2.19. The second-order valence-electron chi connectivity index (χ2n) is 7.40. The van der Waals surface area contributed by atoms with Crippen molar-refractivity contribution >= 4 is 38.1 Å². The molecule has 0 saturated carbocycles. The number of nitrogens with one attached hydrogen (secondary N) is 1. The number of anilines is 1. The summed E-state index contributed by atoms with van der Waals surface area (Å²) in [5, 5.41) is 3.04. The number of carbonyl (C=O) groups excluding carboxylic acids is 2. The Morgan fingerprint density at radius 1 is 1.24 bits per heavy atom. The molecule has 1 aromatic carbocycles. The Balaban J connectivity index is 1.84. The molecule has 0 radical (unpaired) electrons. The molecule has 0 fully saturated rings. The smallest absolute Gasteiger partial charge is 0.341 e. The minimum absolute atomic E-state index is 0.100. The van der Waals surface area contributed by atoms with Crippen LogP contribution in [0.15, 0.2) is 29.2 Å². The summed E-state index contributed by atoms with van der Waals surface area (Å²) in [5.74, 6) is -1.32. The van der Waals surface area contributed by atoms with E-state index in [-0.39, 0.29) is 11.5 Å². The number of amides is 1. The fourth-order valence-corrected chi connectivity index (χ4v) is 5.97. The van der Waals surface area contributed by atoms with Crippen LogP contribution in [0.3, 0.4) is 0 Å². The van der Waals surface area contributed by atoms with Crippen LogP contribution in [0, 0.1) is 12.8 Å². The number of carbonyl (C=O) groups is 2. The lowest BCUT2D eigenvalue weighted by Crippen LogP contribution is -2.24. The van der Waals surface area contributed by atoms with Crippen molar-refractivity contribution in [3.8, 4) is 0 Å². The third-order valence-corrected chi connectivity index (χ3v) is 7.75. The van der Waals surface area contributed by atoms with Crippen molar-refractivity contribution < 1.29 is 22.7 Å². The summed E-state index contributed by atoms with van der Waals surface area (Å²) < 4.78 is 30.3. The zero-order chi connectivity index (χ0) is 21.2. The lowest BCUT2D eigenvalue weighted by molar-refractivity contribution is -0.113. The molecule has 1 atom stereocenters. The van der Waals surface area contributed by atoms with E-state index in [0.717, 1.165) is 35.3 Å². The van der Waals surface area contributed by atoms with Gasteiger partial charge in [0, 0.05) is 4.88 Å². The number of ether oxygens (including phenoxy) is 1. The minimum Gasteiger partial charge on any atom is -0.462 e. The molecule has 29 heavy (non-hydrogen) atoms. The molecule has 0 aliphatic heterocycles. The number of thiophene rings is 1. The molecular formula is C21H25NO5S2. The van der Waals surface area contributed by atoms with E-state index in [9.17, 15) is 18.0 Å². The highest BCUT2D eigenvalue weighted by Gasteiger charge is 2.30. The predicted molar refractivity (Wildman–Crippen MR) is 113 cm³/mol. The Labute approximate surface area is 175 Å². The fourth-order valence-electron chi connectivity index (χ4n) is 3.42. The molecule has 1 unspecified atom stereocenters. The van der Waals surface area contributed by atoms with Gasteiger partial charge in [-0.25, -0.2) is 13.2 Å². The van der Waals surface area contributed by atoms with Gasteiger partial charge in [-0.15, -0.1) is 11.3 Å². The van der Waals surface area contributed by atoms with Gasteiger partial charge >= 0.3 is 5.97 Å². The average molecular weight is 436 g/mol. The van der Waals surface area contributed by atoms with Crippen LogP contribution in [0.5, 0.6) is 0 Å². The molecule has 156 valence electrons. The van der Waals surface area contributed by atoms with E-state index in [0.29, 0.717) is 16.5 Å². The van der Waals surface area contributed by atoms with Gasteiger partial charge in [-0.05, 0) is 56.7 Å². The Bertz CT molecular complexity index is 1020. The molecule has 1 aromatic heterocycles. The first-order chi connectivity index (χ1) is 13.7. The lowest BCUT2D eigenvalue weighted by atomic mass is 9.88. The van der Waals surface area contributed by atoms with Gasteiger partial charge in [-0.3, -0.25) is 4.79 Å². The van der Waals surface area contributed by atoms with Gasteiger partial charge in [0.15, 0.2) is 9.84 Å². The molecule has 1 amide bonds. The molecule has 1 N–H and O–H groups in total. The molecule has 8 heteroatoms. The fraction of sp³-hybridized carbons (Fsp3) is 0.429. The zero-order valence-electron chi connectivity index (χ0n) is 16.8. The number of esters is 1. The van der Waals surface area contributed by atoms with Gasteiger partial charge in [0.2, 0.25) is 5.91 Å². The van der Waals surface area contributed by atoms with Crippen LogP contribution >= 0.6 is 11.3 Å². The number of sulfone groups is 1. The second kappa shape index (κ2) is 8.67. The van der Waals surface area contributed by atoms with E-state index in [1.165, 1.54) is 23.5 Å². The molecule has 1 aliphatic carbocycles. The van der Waals surface area contributed by atoms with Crippen molar-refractivity contribution in [1.82, 2.24) is 0 Å². The largest absolute Gasteiger partial charge is 0.462 e. The van der Waals surface area contributed by atoms with Crippen molar-refractivity contribution in [2.75, 3.05) is 17.7 Å². The van der Waals surface area contributed by atoms with E-state index in [4.69, 9.17) is 4.74 Å². The maximum atomic E-state index is 12.6. The highest BCUT2D eigenvalue weighted by atomic mass is 32.2. The molecule has 1 heterocycles. The van der Waals surface area contributed by atoms with E-state index in [2.05, 4.69) is 12.2 Å². The number of hydrogen-bond donors (Lipinski definition) is 1. The molecule has 2 aromatic rings. The summed E-state index contributed by atoms with van der Waals surface area (Å²) in [6.07, 6.45) is 2.55. The summed E-state index contributed by atoms with van der Waals surface area (Å²) in [6, 6.07) is 6.37. The van der Waals surface area contributed by atoms with Crippen LogP contribution in [-0.2, 0) is 32.2 Å². The average Bonchev–Trinajstić information content (AvgIpc) is 2.98. The Kier molecular flexibility index (Phi) is 6.43. The van der Waals surface area contributed by atoms with E-state index in [1.807, 2.05) is 6.92 Å². The monoisotopic (exact) mass is 435 g/mol. The molecular weight excluding hydrogens is 410 g/mol. The van der Waals surface area contributed by atoms with Gasteiger partial charge < -0.3 is 10.1 Å². The van der Waals surface area contributed by atoms with Crippen molar-refractivity contribution in [3.63, 3.8) is 0 Å². The summed E-state index contributed by atoms with van der Waals surface area (Å²) >= 11 is 1.34. The van der Waals surface area contributed by atoms with E-state index in [1.54, 1.807) is 19.1 Å². The number of fused-ring (bicyclic) bond motifs is 1.